The summed E-state index contributed by atoms with van der Waals surface area (Å²) in [5.74, 6) is -2.26. The van der Waals surface area contributed by atoms with E-state index in [1.54, 1.807) is 0 Å². The monoisotopic (exact) mass is 455 g/mol. The summed E-state index contributed by atoms with van der Waals surface area (Å²) in [5, 5.41) is 1.47. The number of anilines is 1. The Morgan fingerprint density at radius 2 is 1.96 bits per heavy atom. The van der Waals surface area contributed by atoms with E-state index in [0.29, 0.717) is 26.6 Å². The molecule has 0 saturated carbocycles. The highest BCUT2D eigenvalue weighted by atomic mass is 79.9. The van der Waals surface area contributed by atoms with Crippen LogP contribution in [0.4, 0.5) is 18.9 Å². The van der Waals surface area contributed by atoms with Gasteiger partial charge in [-0.2, -0.15) is 13.2 Å². The van der Waals surface area contributed by atoms with Gasteiger partial charge in [0.05, 0.1) is 4.90 Å². The molecule has 2 aromatic rings. The molecule has 10 heteroatoms. The second-order valence-electron chi connectivity index (χ2n) is 5.58. The molecule has 0 bridgehead atoms. The van der Waals surface area contributed by atoms with Crippen LogP contribution >= 0.6 is 26.6 Å². The fraction of sp³-hybridized carbons (Fsp3) is 0.267. The van der Waals surface area contributed by atoms with Gasteiger partial charge >= 0.3 is 12.1 Å². The van der Waals surface area contributed by atoms with Gasteiger partial charge in [0.2, 0.25) is 0 Å². The van der Waals surface area contributed by atoms with Crippen molar-refractivity contribution in [1.29, 1.82) is 0 Å². The minimum absolute atomic E-state index is 0.0989. The molecule has 0 aromatic heterocycles. The second kappa shape index (κ2) is 6.14. The van der Waals surface area contributed by atoms with Crippen LogP contribution in [0.5, 0.6) is 0 Å². The van der Waals surface area contributed by atoms with Crippen molar-refractivity contribution in [1.82, 2.24) is 0 Å². The van der Waals surface area contributed by atoms with Crippen LogP contribution < -0.4 is 4.90 Å². The van der Waals surface area contributed by atoms with E-state index >= 15 is 0 Å². The van der Waals surface area contributed by atoms with Crippen molar-refractivity contribution in [2.45, 2.75) is 17.0 Å². The first-order valence-electron chi connectivity index (χ1n) is 7.00. The molecule has 4 nitrogen and oxygen atoms in total. The lowest BCUT2D eigenvalue weighted by atomic mass is 9.96. The van der Waals surface area contributed by atoms with Crippen LogP contribution in [0.25, 0.3) is 10.8 Å². The fourth-order valence-electron chi connectivity index (χ4n) is 3.02. The highest BCUT2D eigenvalue weighted by Crippen LogP contribution is 2.43. The molecule has 1 amide bonds. The molecule has 25 heavy (non-hydrogen) atoms. The second-order valence-corrected chi connectivity index (χ2v) is 8.80. The van der Waals surface area contributed by atoms with Crippen molar-refractivity contribution >= 4 is 58.0 Å². The first kappa shape index (κ1) is 18.5. The molecule has 2 aromatic carbocycles. The summed E-state index contributed by atoms with van der Waals surface area (Å²) < 4.78 is 61.4. The Labute approximate surface area is 154 Å². The zero-order valence-electron chi connectivity index (χ0n) is 12.3. The van der Waals surface area contributed by atoms with Gasteiger partial charge in [-0.05, 0) is 34.5 Å². The zero-order valence-corrected chi connectivity index (χ0v) is 15.5. The van der Waals surface area contributed by atoms with E-state index in [1.165, 1.54) is 30.3 Å². The molecule has 1 aliphatic heterocycles. The number of halogens is 5. The lowest BCUT2D eigenvalue weighted by Crippen LogP contribution is -2.40. The van der Waals surface area contributed by atoms with Crippen LogP contribution in [-0.2, 0) is 13.8 Å². The molecule has 0 N–H and O–H groups in total. The number of hydrogen-bond donors (Lipinski definition) is 0. The Hall–Kier alpha value is -1.32. The Kier molecular flexibility index (Phi) is 4.53. The van der Waals surface area contributed by atoms with Crippen LogP contribution in [0.15, 0.2) is 35.2 Å². The van der Waals surface area contributed by atoms with Crippen LogP contribution in [0.3, 0.4) is 0 Å². The molecular formula is C15H10BrClF3NO3S. The lowest BCUT2D eigenvalue weighted by molar-refractivity contribution is -0.170. The van der Waals surface area contributed by atoms with E-state index in [9.17, 15) is 26.4 Å². The number of carbonyl (C=O) groups is 1. The summed E-state index contributed by atoms with van der Waals surface area (Å²) in [6.07, 6.45) is -4.97. The number of hydrogen-bond acceptors (Lipinski definition) is 3. The Balaban J connectivity index is 2.20. The topological polar surface area (TPSA) is 54.5 Å². The molecule has 0 spiro atoms. The predicted octanol–water partition coefficient (Wildman–Crippen LogP) is 4.15. The summed E-state index contributed by atoms with van der Waals surface area (Å²) in [6.45, 7) is -0.104. The standard InChI is InChI=1S/C15H10BrClF3NO3S/c16-6-9-7-21(14(22)15(18,19)20)12-4-1-8-5-10(25(17,23)24)2-3-11(8)13(9)12/h1-5,9H,6-7H2. The van der Waals surface area contributed by atoms with E-state index < -0.39 is 21.1 Å². The summed E-state index contributed by atoms with van der Waals surface area (Å²) >= 11 is 3.27. The van der Waals surface area contributed by atoms with Crippen molar-refractivity contribution in [2.24, 2.45) is 0 Å². The Morgan fingerprint density at radius 3 is 2.52 bits per heavy atom. The van der Waals surface area contributed by atoms with E-state index in [2.05, 4.69) is 15.9 Å². The minimum Gasteiger partial charge on any atom is -0.304 e. The van der Waals surface area contributed by atoms with Crippen LogP contribution in [-0.4, -0.2) is 32.4 Å². The van der Waals surface area contributed by atoms with Gasteiger partial charge in [-0.15, -0.1) is 0 Å². The highest BCUT2D eigenvalue weighted by molar-refractivity contribution is 9.09. The van der Waals surface area contributed by atoms with Crippen molar-refractivity contribution in [2.75, 3.05) is 16.8 Å². The van der Waals surface area contributed by atoms with Gasteiger partial charge in [0.25, 0.3) is 9.05 Å². The fourth-order valence-corrected chi connectivity index (χ4v) is 4.33. The van der Waals surface area contributed by atoms with Crippen LogP contribution in [0, 0.1) is 0 Å². The largest absolute Gasteiger partial charge is 0.471 e. The number of amides is 1. The molecular weight excluding hydrogens is 447 g/mol. The smallest absolute Gasteiger partial charge is 0.304 e. The number of rotatable bonds is 2. The van der Waals surface area contributed by atoms with E-state index in [1.807, 2.05) is 0 Å². The molecule has 3 rings (SSSR count). The first-order valence-corrected chi connectivity index (χ1v) is 10.4. The van der Waals surface area contributed by atoms with Gasteiger partial charge in [0.15, 0.2) is 0 Å². The maximum Gasteiger partial charge on any atom is 0.471 e. The molecule has 0 aliphatic carbocycles. The van der Waals surface area contributed by atoms with Crippen molar-refractivity contribution in [3.8, 4) is 0 Å². The van der Waals surface area contributed by atoms with Gasteiger partial charge in [0, 0.05) is 34.2 Å². The lowest BCUT2D eigenvalue weighted by Gasteiger charge is -2.19. The van der Waals surface area contributed by atoms with Gasteiger partial charge in [-0.25, -0.2) is 8.42 Å². The normalized spacial score (nSPS) is 17.8. The number of alkyl halides is 4. The molecule has 134 valence electrons. The van der Waals surface area contributed by atoms with Gasteiger partial charge in [0.1, 0.15) is 0 Å². The van der Waals surface area contributed by atoms with Gasteiger partial charge in [-0.1, -0.05) is 28.1 Å². The van der Waals surface area contributed by atoms with E-state index in [-0.39, 0.29) is 23.0 Å². The van der Waals surface area contributed by atoms with E-state index in [0.717, 1.165) is 0 Å². The Bertz CT molecular complexity index is 978. The van der Waals surface area contributed by atoms with Crippen LogP contribution in [0.1, 0.15) is 11.5 Å². The third-order valence-corrected chi connectivity index (χ3v) is 6.20. The zero-order chi connectivity index (χ0) is 18.6. The summed E-state index contributed by atoms with van der Waals surface area (Å²) in [6, 6.07) is 7.03. The molecule has 1 atom stereocenters. The van der Waals surface area contributed by atoms with Crippen molar-refractivity contribution < 1.29 is 26.4 Å². The molecule has 1 aliphatic rings. The Morgan fingerprint density at radius 1 is 1.28 bits per heavy atom. The average molecular weight is 457 g/mol. The predicted molar refractivity (Wildman–Crippen MR) is 91.9 cm³/mol. The number of fused-ring (bicyclic) bond motifs is 3. The highest BCUT2D eigenvalue weighted by Gasteiger charge is 2.46. The third-order valence-electron chi connectivity index (χ3n) is 4.07. The number of carbonyl (C=O) groups excluding carboxylic acids is 1. The molecule has 1 unspecified atom stereocenters. The number of benzene rings is 2. The quantitative estimate of drug-likeness (QED) is 0.504. The number of nitrogens with zero attached hydrogens (tertiary/aromatic N) is 1. The average Bonchev–Trinajstić information content (AvgIpc) is 2.90. The minimum atomic E-state index is -4.97. The molecule has 1 heterocycles. The maximum atomic E-state index is 12.8. The third kappa shape index (κ3) is 3.24. The molecule has 0 radical (unpaired) electrons. The SMILES string of the molecule is O=C(N1CC(CBr)c2c1ccc1cc(S(=O)(=O)Cl)ccc21)C(F)(F)F. The summed E-state index contributed by atoms with van der Waals surface area (Å²) in [7, 11) is 1.41. The first-order chi connectivity index (χ1) is 11.5. The van der Waals surface area contributed by atoms with Gasteiger partial charge < -0.3 is 4.90 Å². The van der Waals surface area contributed by atoms with Crippen molar-refractivity contribution in [3.63, 3.8) is 0 Å². The molecule has 0 fully saturated rings. The van der Waals surface area contributed by atoms with E-state index in [4.69, 9.17) is 10.7 Å². The summed E-state index contributed by atoms with van der Waals surface area (Å²) in [5.41, 5.74) is 0.756. The maximum absolute atomic E-state index is 12.8. The van der Waals surface area contributed by atoms with Crippen LogP contribution in [0.2, 0.25) is 0 Å². The van der Waals surface area contributed by atoms with Gasteiger partial charge in [-0.3, -0.25) is 4.79 Å². The van der Waals surface area contributed by atoms with Crippen molar-refractivity contribution in [3.05, 3.63) is 35.9 Å². The molecule has 0 saturated heterocycles. The summed E-state index contributed by atoms with van der Waals surface area (Å²) in [4.78, 5) is 12.3.